The average Bonchev–Trinajstić information content (AvgIpc) is 2.65. The van der Waals surface area contributed by atoms with Gasteiger partial charge in [0.2, 0.25) is 0 Å². The number of nitrogens with zero attached hydrogens (tertiary/aromatic N) is 1. The average molecular weight is 263 g/mol. The van der Waals surface area contributed by atoms with Crippen LogP contribution in [0.1, 0.15) is 32.1 Å². The first-order valence-corrected chi connectivity index (χ1v) is 7.89. The van der Waals surface area contributed by atoms with Crippen molar-refractivity contribution in [3.05, 3.63) is 30.3 Å². The lowest BCUT2D eigenvalue weighted by Crippen LogP contribution is -2.28. The van der Waals surface area contributed by atoms with Gasteiger partial charge in [-0.2, -0.15) is 5.26 Å². The summed E-state index contributed by atoms with van der Waals surface area (Å²) in [7, 11) is -3.37. The molecule has 0 radical (unpaired) electrons. The molecular formula is C14H17NO2S. The third-order valence-corrected chi connectivity index (χ3v) is 5.88. The number of hydrogen-bond acceptors (Lipinski definition) is 3. The van der Waals surface area contributed by atoms with E-state index in [0.717, 1.165) is 19.3 Å². The molecule has 2 atom stereocenters. The molecule has 1 aromatic rings. The highest BCUT2D eigenvalue weighted by molar-refractivity contribution is 7.92. The largest absolute Gasteiger partial charge is 0.223 e. The molecule has 0 saturated heterocycles. The second kappa shape index (κ2) is 5.53. The van der Waals surface area contributed by atoms with Gasteiger partial charge in [-0.25, -0.2) is 8.42 Å². The first-order chi connectivity index (χ1) is 8.66. The summed E-state index contributed by atoms with van der Waals surface area (Å²) in [5.74, 6) is -0.363. The Balaban J connectivity index is 2.36. The predicted octanol–water partition coefficient (Wildman–Crippen LogP) is 2.93. The summed E-state index contributed by atoms with van der Waals surface area (Å²) in [6, 6.07) is 10.7. The third-order valence-electron chi connectivity index (χ3n) is 3.59. The van der Waals surface area contributed by atoms with Gasteiger partial charge < -0.3 is 0 Å². The van der Waals surface area contributed by atoms with E-state index >= 15 is 0 Å². The van der Waals surface area contributed by atoms with Gasteiger partial charge >= 0.3 is 0 Å². The summed E-state index contributed by atoms with van der Waals surface area (Å²) in [6.07, 6.45) is 4.19. The highest BCUT2D eigenvalue weighted by Crippen LogP contribution is 2.31. The fraction of sp³-hybridized carbons (Fsp3) is 0.500. The molecule has 0 bridgehead atoms. The maximum Gasteiger partial charge on any atom is 0.182 e. The van der Waals surface area contributed by atoms with Crippen molar-refractivity contribution >= 4 is 9.84 Å². The Morgan fingerprint density at radius 2 is 1.72 bits per heavy atom. The number of hydrogen-bond donors (Lipinski definition) is 0. The molecule has 2 unspecified atom stereocenters. The van der Waals surface area contributed by atoms with E-state index in [0.29, 0.717) is 17.7 Å². The van der Waals surface area contributed by atoms with Crippen LogP contribution in [0.15, 0.2) is 35.2 Å². The molecule has 0 aromatic heterocycles. The molecule has 0 heterocycles. The van der Waals surface area contributed by atoms with Crippen molar-refractivity contribution in [3.8, 4) is 6.07 Å². The third kappa shape index (κ3) is 2.56. The summed E-state index contributed by atoms with van der Waals surface area (Å²) >= 11 is 0. The van der Waals surface area contributed by atoms with E-state index in [1.807, 2.05) is 0 Å². The number of rotatable bonds is 2. The molecule has 1 fully saturated rings. The number of sulfone groups is 1. The smallest absolute Gasteiger partial charge is 0.182 e. The van der Waals surface area contributed by atoms with Crippen LogP contribution in [-0.2, 0) is 9.84 Å². The minimum absolute atomic E-state index is 0.345. The van der Waals surface area contributed by atoms with Crippen LogP contribution in [0.25, 0.3) is 0 Å². The second-order valence-corrected chi connectivity index (χ2v) is 6.94. The fourth-order valence-electron chi connectivity index (χ4n) is 2.58. The van der Waals surface area contributed by atoms with Crippen molar-refractivity contribution in [3.63, 3.8) is 0 Å². The van der Waals surface area contributed by atoms with E-state index in [2.05, 4.69) is 6.07 Å². The van der Waals surface area contributed by atoms with Gasteiger partial charge in [0.15, 0.2) is 9.84 Å². The highest BCUT2D eigenvalue weighted by atomic mass is 32.2. The maximum absolute atomic E-state index is 12.6. The standard InChI is InChI=1S/C14H17NO2S/c15-11-12-7-3-1-6-10-14(12)18(16,17)13-8-4-2-5-9-13/h2,4-5,8-9,12,14H,1,3,6-7,10H2. The molecule has 4 heteroatoms. The van der Waals surface area contributed by atoms with Crippen LogP contribution >= 0.6 is 0 Å². The van der Waals surface area contributed by atoms with Crippen LogP contribution in [0.3, 0.4) is 0 Å². The Hall–Kier alpha value is -1.34. The minimum Gasteiger partial charge on any atom is -0.223 e. The lowest BCUT2D eigenvalue weighted by Gasteiger charge is -2.19. The normalized spacial score (nSPS) is 25.1. The Bertz CT molecular complexity index is 531. The minimum atomic E-state index is -3.37. The monoisotopic (exact) mass is 263 g/mol. The summed E-state index contributed by atoms with van der Waals surface area (Å²) in [6.45, 7) is 0. The molecule has 0 aliphatic heterocycles. The van der Waals surface area contributed by atoms with Gasteiger partial charge in [-0.3, -0.25) is 0 Å². The van der Waals surface area contributed by atoms with Crippen molar-refractivity contribution in [2.75, 3.05) is 0 Å². The van der Waals surface area contributed by atoms with Crippen molar-refractivity contribution in [1.29, 1.82) is 5.26 Å². The van der Waals surface area contributed by atoms with E-state index in [1.54, 1.807) is 30.3 Å². The van der Waals surface area contributed by atoms with E-state index in [9.17, 15) is 13.7 Å². The molecular weight excluding hydrogens is 246 g/mol. The van der Waals surface area contributed by atoms with Crippen LogP contribution in [-0.4, -0.2) is 13.7 Å². The molecule has 2 rings (SSSR count). The molecule has 96 valence electrons. The van der Waals surface area contributed by atoms with Gasteiger partial charge in [0.25, 0.3) is 0 Å². The Labute approximate surface area is 108 Å². The van der Waals surface area contributed by atoms with Crippen LogP contribution < -0.4 is 0 Å². The van der Waals surface area contributed by atoms with E-state index < -0.39 is 15.1 Å². The van der Waals surface area contributed by atoms with Crippen molar-refractivity contribution in [2.45, 2.75) is 42.2 Å². The summed E-state index contributed by atoms with van der Waals surface area (Å²) in [4.78, 5) is 0.345. The highest BCUT2D eigenvalue weighted by Gasteiger charge is 2.35. The SMILES string of the molecule is N#CC1CCCCCC1S(=O)(=O)c1ccccc1. The maximum atomic E-state index is 12.6. The number of nitriles is 1. The van der Waals surface area contributed by atoms with Crippen LogP contribution in [0.4, 0.5) is 0 Å². The van der Waals surface area contributed by atoms with Gasteiger partial charge in [-0.1, -0.05) is 37.5 Å². The van der Waals surface area contributed by atoms with Crippen LogP contribution in [0.2, 0.25) is 0 Å². The molecule has 1 saturated carbocycles. The van der Waals surface area contributed by atoms with Gasteiger partial charge in [0, 0.05) is 0 Å². The second-order valence-electron chi connectivity index (χ2n) is 4.77. The van der Waals surface area contributed by atoms with Crippen molar-refractivity contribution < 1.29 is 8.42 Å². The molecule has 0 spiro atoms. The van der Waals surface area contributed by atoms with Gasteiger partial charge in [0.05, 0.1) is 22.1 Å². The molecule has 3 nitrogen and oxygen atoms in total. The lowest BCUT2D eigenvalue weighted by atomic mass is 10.0. The fourth-order valence-corrected chi connectivity index (χ4v) is 4.57. The van der Waals surface area contributed by atoms with Gasteiger partial charge in [0.1, 0.15) is 0 Å². The molecule has 1 aromatic carbocycles. The van der Waals surface area contributed by atoms with Gasteiger partial charge in [-0.05, 0) is 25.0 Å². The van der Waals surface area contributed by atoms with Crippen LogP contribution in [0, 0.1) is 17.2 Å². The first-order valence-electron chi connectivity index (χ1n) is 6.35. The molecule has 1 aliphatic carbocycles. The quantitative estimate of drug-likeness (QED) is 0.771. The van der Waals surface area contributed by atoms with E-state index in [-0.39, 0.29) is 5.92 Å². The van der Waals surface area contributed by atoms with Crippen LogP contribution in [0.5, 0.6) is 0 Å². The summed E-state index contributed by atoms with van der Waals surface area (Å²) in [5.41, 5.74) is 0. The molecule has 0 amide bonds. The number of benzene rings is 1. The zero-order chi connectivity index (χ0) is 13.0. The Kier molecular flexibility index (Phi) is 4.03. The Morgan fingerprint density at radius 1 is 1.06 bits per heavy atom. The zero-order valence-electron chi connectivity index (χ0n) is 10.2. The molecule has 1 aliphatic rings. The topological polar surface area (TPSA) is 57.9 Å². The van der Waals surface area contributed by atoms with Crippen molar-refractivity contribution in [2.24, 2.45) is 5.92 Å². The first kappa shape index (κ1) is 13.1. The predicted molar refractivity (Wildman–Crippen MR) is 69.6 cm³/mol. The van der Waals surface area contributed by atoms with Crippen molar-refractivity contribution in [1.82, 2.24) is 0 Å². The zero-order valence-corrected chi connectivity index (χ0v) is 11.1. The summed E-state index contributed by atoms with van der Waals surface area (Å²) in [5, 5.41) is 8.65. The summed E-state index contributed by atoms with van der Waals surface area (Å²) < 4.78 is 25.1. The lowest BCUT2D eigenvalue weighted by molar-refractivity contribution is 0.523. The molecule has 18 heavy (non-hydrogen) atoms. The van der Waals surface area contributed by atoms with E-state index in [1.165, 1.54) is 0 Å². The van der Waals surface area contributed by atoms with Gasteiger partial charge in [-0.15, -0.1) is 0 Å². The molecule has 0 N–H and O–H groups in total. The van der Waals surface area contributed by atoms with E-state index in [4.69, 9.17) is 0 Å². The Morgan fingerprint density at radius 3 is 2.39 bits per heavy atom.